The van der Waals surface area contributed by atoms with Gasteiger partial charge in [0.1, 0.15) is 5.82 Å². The second-order valence-corrected chi connectivity index (χ2v) is 5.71. The van der Waals surface area contributed by atoms with Crippen molar-refractivity contribution in [3.63, 3.8) is 0 Å². The molecule has 1 aliphatic rings. The molecular formula is C16H25F3IN5. The summed E-state index contributed by atoms with van der Waals surface area (Å²) in [5.74, 6) is 1.72. The van der Waals surface area contributed by atoms with Gasteiger partial charge in [-0.1, -0.05) is 6.07 Å². The number of unbranched alkanes of at least 4 members (excludes halogenated alkanes) is 1. The fraction of sp³-hybridized carbons (Fsp3) is 0.625. The van der Waals surface area contributed by atoms with Crippen molar-refractivity contribution in [2.24, 2.45) is 4.99 Å². The van der Waals surface area contributed by atoms with Gasteiger partial charge in [-0.05, 0) is 25.0 Å². The van der Waals surface area contributed by atoms with Crippen molar-refractivity contribution in [3.05, 3.63) is 24.4 Å². The van der Waals surface area contributed by atoms with Gasteiger partial charge in [0.05, 0.1) is 0 Å². The van der Waals surface area contributed by atoms with E-state index < -0.39 is 12.6 Å². The van der Waals surface area contributed by atoms with Gasteiger partial charge in [-0.2, -0.15) is 13.2 Å². The summed E-state index contributed by atoms with van der Waals surface area (Å²) < 4.78 is 36.3. The van der Waals surface area contributed by atoms with Crippen molar-refractivity contribution in [3.8, 4) is 0 Å². The summed E-state index contributed by atoms with van der Waals surface area (Å²) >= 11 is 0. The van der Waals surface area contributed by atoms with Gasteiger partial charge in [-0.15, -0.1) is 24.0 Å². The summed E-state index contributed by atoms with van der Waals surface area (Å²) in [7, 11) is 1.70. The largest absolute Gasteiger partial charge is 0.389 e. The summed E-state index contributed by atoms with van der Waals surface area (Å²) in [5, 5.41) is 3.15. The molecule has 1 aromatic rings. The van der Waals surface area contributed by atoms with E-state index >= 15 is 0 Å². The number of hydrogen-bond acceptors (Lipinski definition) is 3. The van der Waals surface area contributed by atoms with Crippen molar-refractivity contribution < 1.29 is 13.2 Å². The van der Waals surface area contributed by atoms with Gasteiger partial charge >= 0.3 is 6.18 Å². The molecule has 0 unspecified atom stereocenters. The van der Waals surface area contributed by atoms with E-state index in [0.29, 0.717) is 13.0 Å². The van der Waals surface area contributed by atoms with E-state index in [2.05, 4.69) is 25.1 Å². The molecule has 25 heavy (non-hydrogen) atoms. The molecular weight excluding hydrogens is 446 g/mol. The highest BCUT2D eigenvalue weighted by Gasteiger charge is 2.26. The molecule has 0 amide bonds. The highest BCUT2D eigenvalue weighted by molar-refractivity contribution is 14.0. The number of nitrogens with zero attached hydrogens (tertiary/aromatic N) is 4. The van der Waals surface area contributed by atoms with E-state index in [1.807, 2.05) is 18.2 Å². The van der Waals surface area contributed by atoms with Crippen LogP contribution in [0.2, 0.25) is 0 Å². The minimum Gasteiger partial charge on any atom is -0.356 e. The molecule has 1 aliphatic heterocycles. The highest BCUT2D eigenvalue weighted by Crippen LogP contribution is 2.21. The Morgan fingerprint density at radius 1 is 1.20 bits per heavy atom. The van der Waals surface area contributed by atoms with Gasteiger partial charge in [0, 0.05) is 52.4 Å². The summed E-state index contributed by atoms with van der Waals surface area (Å²) in [6, 6.07) is 5.85. The minimum absolute atomic E-state index is 0. The van der Waals surface area contributed by atoms with Crippen LogP contribution in [0.15, 0.2) is 29.4 Å². The van der Waals surface area contributed by atoms with Crippen LogP contribution in [0.3, 0.4) is 0 Å². The number of nitrogens with one attached hydrogen (secondary N) is 1. The van der Waals surface area contributed by atoms with Crippen molar-refractivity contribution >= 4 is 35.8 Å². The van der Waals surface area contributed by atoms with Crippen molar-refractivity contribution in [1.82, 2.24) is 15.2 Å². The smallest absolute Gasteiger partial charge is 0.356 e. The van der Waals surface area contributed by atoms with Crippen LogP contribution in [-0.2, 0) is 0 Å². The predicted molar refractivity (Wildman–Crippen MR) is 105 cm³/mol. The van der Waals surface area contributed by atoms with Crippen LogP contribution in [0.4, 0.5) is 19.0 Å². The molecule has 2 heterocycles. The van der Waals surface area contributed by atoms with Crippen LogP contribution in [-0.4, -0.2) is 61.8 Å². The van der Waals surface area contributed by atoms with Crippen LogP contribution < -0.4 is 10.2 Å². The summed E-state index contributed by atoms with van der Waals surface area (Å²) in [6.07, 6.45) is -2.39. The van der Waals surface area contributed by atoms with Gasteiger partial charge in [0.2, 0.25) is 0 Å². The number of pyridine rings is 1. The third kappa shape index (κ3) is 7.66. The lowest BCUT2D eigenvalue weighted by Crippen LogP contribution is -2.52. The minimum atomic E-state index is -4.07. The van der Waals surface area contributed by atoms with E-state index in [1.54, 1.807) is 13.2 Å². The molecule has 9 heteroatoms. The second kappa shape index (κ2) is 10.7. The average molecular weight is 471 g/mol. The maximum atomic E-state index is 12.1. The Morgan fingerprint density at radius 2 is 1.92 bits per heavy atom. The summed E-state index contributed by atoms with van der Waals surface area (Å²) in [5.41, 5.74) is 0. The second-order valence-electron chi connectivity index (χ2n) is 5.71. The van der Waals surface area contributed by atoms with Gasteiger partial charge < -0.3 is 15.1 Å². The molecule has 1 fully saturated rings. The number of guanidine groups is 1. The van der Waals surface area contributed by atoms with Gasteiger partial charge in [-0.25, -0.2) is 4.98 Å². The quantitative estimate of drug-likeness (QED) is 0.310. The van der Waals surface area contributed by atoms with E-state index in [0.717, 1.165) is 38.0 Å². The predicted octanol–water partition coefficient (Wildman–Crippen LogP) is 3.13. The Kier molecular flexibility index (Phi) is 9.30. The number of anilines is 1. The van der Waals surface area contributed by atoms with Gasteiger partial charge in [-0.3, -0.25) is 4.99 Å². The average Bonchev–Trinajstić information content (AvgIpc) is 2.58. The van der Waals surface area contributed by atoms with Crippen LogP contribution >= 0.6 is 24.0 Å². The Hall–Kier alpha value is -1.26. The molecule has 0 saturated carbocycles. The molecule has 0 spiro atoms. The summed E-state index contributed by atoms with van der Waals surface area (Å²) in [6.45, 7) is 3.79. The number of rotatable bonds is 5. The molecule has 0 aromatic carbocycles. The standard InChI is InChI=1S/C16H24F3N5.HI/c1-20-15(22-9-5-3-7-16(17,18)19)24-12-10-23(11-13-24)14-6-2-4-8-21-14;/h2,4,6,8H,3,5,7,9-13H2,1H3,(H,20,22);1H. The van der Waals surface area contributed by atoms with Crippen LogP contribution in [0, 0.1) is 0 Å². The third-order valence-corrected chi connectivity index (χ3v) is 3.93. The molecule has 5 nitrogen and oxygen atoms in total. The maximum absolute atomic E-state index is 12.1. The zero-order chi connectivity index (χ0) is 17.4. The Morgan fingerprint density at radius 3 is 2.48 bits per heavy atom. The molecule has 1 saturated heterocycles. The van der Waals surface area contributed by atoms with E-state index in [-0.39, 0.29) is 30.4 Å². The fourth-order valence-corrected chi connectivity index (χ4v) is 2.67. The molecule has 0 bridgehead atoms. The zero-order valence-corrected chi connectivity index (χ0v) is 16.6. The Balaban J connectivity index is 0.00000312. The number of alkyl halides is 3. The Labute approximate surface area is 163 Å². The maximum Gasteiger partial charge on any atom is 0.389 e. The summed E-state index contributed by atoms with van der Waals surface area (Å²) in [4.78, 5) is 12.9. The highest BCUT2D eigenvalue weighted by atomic mass is 127. The van der Waals surface area contributed by atoms with Crippen LogP contribution in [0.1, 0.15) is 19.3 Å². The number of aromatic nitrogens is 1. The van der Waals surface area contributed by atoms with Crippen molar-refractivity contribution in [2.45, 2.75) is 25.4 Å². The monoisotopic (exact) mass is 471 g/mol. The van der Waals surface area contributed by atoms with Crippen LogP contribution in [0.5, 0.6) is 0 Å². The Bertz CT molecular complexity index is 516. The first-order chi connectivity index (χ1) is 11.5. The first-order valence-corrected chi connectivity index (χ1v) is 8.18. The molecule has 0 aliphatic carbocycles. The van der Waals surface area contributed by atoms with Crippen LogP contribution in [0.25, 0.3) is 0 Å². The number of hydrogen-bond donors (Lipinski definition) is 1. The van der Waals surface area contributed by atoms with Gasteiger partial charge in [0.15, 0.2) is 5.96 Å². The van der Waals surface area contributed by atoms with E-state index in [1.165, 1.54) is 0 Å². The van der Waals surface area contributed by atoms with Crippen molar-refractivity contribution in [1.29, 1.82) is 0 Å². The fourth-order valence-electron chi connectivity index (χ4n) is 2.67. The lowest BCUT2D eigenvalue weighted by molar-refractivity contribution is -0.135. The topological polar surface area (TPSA) is 43.8 Å². The first kappa shape index (κ1) is 21.8. The molecule has 1 N–H and O–H groups in total. The molecule has 2 rings (SSSR count). The van der Waals surface area contributed by atoms with E-state index in [4.69, 9.17) is 0 Å². The SMILES string of the molecule is CN=C(NCCCCC(F)(F)F)N1CCN(c2ccccn2)CC1.I. The number of halogens is 4. The lowest BCUT2D eigenvalue weighted by atomic mass is 10.2. The van der Waals surface area contributed by atoms with Gasteiger partial charge in [0.25, 0.3) is 0 Å². The number of aliphatic imine (C=N–C) groups is 1. The number of piperazine rings is 1. The third-order valence-electron chi connectivity index (χ3n) is 3.93. The first-order valence-electron chi connectivity index (χ1n) is 8.18. The lowest BCUT2D eigenvalue weighted by Gasteiger charge is -2.37. The zero-order valence-electron chi connectivity index (χ0n) is 14.3. The molecule has 1 aromatic heterocycles. The molecule has 0 atom stereocenters. The molecule has 0 radical (unpaired) electrons. The normalized spacial score (nSPS) is 15.8. The molecule has 142 valence electrons. The van der Waals surface area contributed by atoms with Crippen molar-refractivity contribution in [2.75, 3.05) is 44.7 Å². The van der Waals surface area contributed by atoms with E-state index in [9.17, 15) is 13.2 Å².